The Hall–Kier alpha value is -2.06. The van der Waals surface area contributed by atoms with Crippen molar-refractivity contribution in [1.29, 1.82) is 0 Å². The first-order valence-corrected chi connectivity index (χ1v) is 11.5. The Kier molecular flexibility index (Phi) is 5.13. The standard InChI is InChI=1S/C12H8ClNO9S3/c13-25(19,20)9-4-5-12(11(7-9)14(15)16)24(17,18)8-2-1-3-10(6-8)26(21,22)23/h1-7H,(H,21,22,23). The third-order valence-electron chi connectivity index (χ3n) is 3.11. The summed E-state index contributed by atoms with van der Waals surface area (Å²) >= 11 is 0. The van der Waals surface area contributed by atoms with Gasteiger partial charge in [0.05, 0.1) is 19.6 Å². The van der Waals surface area contributed by atoms with Crippen molar-refractivity contribution in [3.05, 3.63) is 52.6 Å². The molecule has 140 valence electrons. The van der Waals surface area contributed by atoms with Crippen molar-refractivity contribution in [1.82, 2.24) is 0 Å². The van der Waals surface area contributed by atoms with Crippen LogP contribution in [0.25, 0.3) is 0 Å². The highest BCUT2D eigenvalue weighted by atomic mass is 35.7. The van der Waals surface area contributed by atoms with E-state index in [1.807, 2.05) is 0 Å². The van der Waals surface area contributed by atoms with Crippen molar-refractivity contribution < 1.29 is 34.7 Å². The molecule has 0 unspecified atom stereocenters. The third kappa shape index (κ3) is 4.02. The molecule has 0 aliphatic rings. The van der Waals surface area contributed by atoms with Gasteiger partial charge in [-0.25, -0.2) is 16.8 Å². The van der Waals surface area contributed by atoms with E-state index in [0.29, 0.717) is 18.2 Å². The fraction of sp³-hybridized carbons (Fsp3) is 0. The van der Waals surface area contributed by atoms with E-state index < -0.39 is 59.2 Å². The van der Waals surface area contributed by atoms with E-state index in [2.05, 4.69) is 0 Å². The van der Waals surface area contributed by atoms with Crippen LogP contribution in [0.15, 0.2) is 62.0 Å². The SMILES string of the molecule is O=[N+]([O-])c1cc(S(=O)(=O)Cl)ccc1S(=O)(=O)c1cccc(S(=O)(=O)O)c1. The monoisotopic (exact) mass is 441 g/mol. The molecule has 2 aromatic rings. The predicted molar refractivity (Wildman–Crippen MR) is 87.8 cm³/mol. The maximum absolute atomic E-state index is 12.6. The fourth-order valence-electron chi connectivity index (χ4n) is 1.95. The number of benzene rings is 2. The maximum Gasteiger partial charge on any atom is 0.294 e. The Morgan fingerprint density at radius 2 is 1.46 bits per heavy atom. The zero-order valence-electron chi connectivity index (χ0n) is 12.3. The molecule has 0 saturated carbocycles. The number of nitrogens with zero attached hydrogens (tertiary/aromatic N) is 1. The highest BCUT2D eigenvalue weighted by molar-refractivity contribution is 8.13. The molecule has 0 fully saturated rings. The van der Waals surface area contributed by atoms with Crippen molar-refractivity contribution in [3.63, 3.8) is 0 Å². The second-order valence-corrected chi connectivity index (χ2v) is 10.7. The average molecular weight is 442 g/mol. The summed E-state index contributed by atoms with van der Waals surface area (Å²) in [5.74, 6) is 0. The molecule has 2 aromatic carbocycles. The Labute approximate surface area is 152 Å². The van der Waals surface area contributed by atoms with Gasteiger partial charge in [0.2, 0.25) is 9.84 Å². The van der Waals surface area contributed by atoms with Crippen LogP contribution in [0.2, 0.25) is 0 Å². The highest BCUT2D eigenvalue weighted by Crippen LogP contribution is 2.32. The van der Waals surface area contributed by atoms with Gasteiger partial charge in [-0.2, -0.15) is 8.42 Å². The largest absolute Gasteiger partial charge is 0.294 e. The summed E-state index contributed by atoms with van der Waals surface area (Å²) in [5.41, 5.74) is -1.07. The second-order valence-electron chi connectivity index (χ2n) is 4.78. The van der Waals surface area contributed by atoms with E-state index in [1.54, 1.807) is 0 Å². The Bertz CT molecular complexity index is 1220. The second kappa shape index (κ2) is 6.59. The van der Waals surface area contributed by atoms with Crippen LogP contribution in [0.4, 0.5) is 5.69 Å². The molecule has 10 nitrogen and oxygen atoms in total. The molecule has 14 heteroatoms. The van der Waals surface area contributed by atoms with E-state index in [-0.39, 0.29) is 0 Å². The number of hydrogen-bond acceptors (Lipinski definition) is 8. The molecule has 0 aromatic heterocycles. The lowest BCUT2D eigenvalue weighted by molar-refractivity contribution is -0.388. The van der Waals surface area contributed by atoms with Gasteiger partial charge in [-0.05, 0) is 30.3 Å². The fourth-order valence-corrected chi connectivity index (χ4v) is 4.77. The van der Waals surface area contributed by atoms with E-state index in [0.717, 1.165) is 24.3 Å². The molecule has 0 spiro atoms. The maximum atomic E-state index is 12.6. The van der Waals surface area contributed by atoms with Gasteiger partial charge in [0.25, 0.3) is 24.9 Å². The van der Waals surface area contributed by atoms with Crippen molar-refractivity contribution in [3.8, 4) is 0 Å². The first-order valence-electron chi connectivity index (χ1n) is 6.30. The van der Waals surface area contributed by atoms with Crippen LogP contribution in [-0.2, 0) is 29.0 Å². The molecule has 0 atom stereocenters. The van der Waals surface area contributed by atoms with Crippen LogP contribution in [-0.4, -0.2) is 34.7 Å². The molecule has 26 heavy (non-hydrogen) atoms. The normalized spacial score (nSPS) is 12.7. The van der Waals surface area contributed by atoms with Crippen LogP contribution >= 0.6 is 10.7 Å². The molecule has 0 amide bonds. The van der Waals surface area contributed by atoms with Gasteiger partial charge >= 0.3 is 0 Å². The number of nitro groups is 1. The number of halogens is 1. The zero-order valence-corrected chi connectivity index (χ0v) is 15.5. The van der Waals surface area contributed by atoms with Gasteiger partial charge in [0.15, 0.2) is 0 Å². The molecular weight excluding hydrogens is 434 g/mol. The highest BCUT2D eigenvalue weighted by Gasteiger charge is 2.30. The van der Waals surface area contributed by atoms with Crippen LogP contribution in [0.5, 0.6) is 0 Å². The number of hydrogen-bond donors (Lipinski definition) is 1. The van der Waals surface area contributed by atoms with Crippen molar-refractivity contribution in [2.24, 2.45) is 0 Å². The van der Waals surface area contributed by atoms with Crippen molar-refractivity contribution in [2.75, 3.05) is 0 Å². The molecular formula is C12H8ClNO9S3. The minimum absolute atomic E-state index is 0.474. The zero-order chi connectivity index (χ0) is 19.9. The molecule has 0 aliphatic heterocycles. The Morgan fingerprint density at radius 3 is 1.96 bits per heavy atom. The molecule has 0 aliphatic carbocycles. The number of rotatable bonds is 5. The summed E-state index contributed by atoms with van der Waals surface area (Å²) < 4.78 is 79.2. The van der Waals surface area contributed by atoms with E-state index in [9.17, 15) is 35.4 Å². The first-order chi connectivity index (χ1) is 11.7. The van der Waals surface area contributed by atoms with Crippen LogP contribution in [0.1, 0.15) is 0 Å². The van der Waals surface area contributed by atoms with E-state index in [4.69, 9.17) is 15.2 Å². The lowest BCUT2D eigenvalue weighted by Crippen LogP contribution is -2.08. The molecule has 0 radical (unpaired) electrons. The lowest BCUT2D eigenvalue weighted by atomic mass is 10.3. The summed E-state index contributed by atoms with van der Waals surface area (Å²) in [6, 6.07) is 5.41. The Morgan fingerprint density at radius 1 is 0.885 bits per heavy atom. The van der Waals surface area contributed by atoms with Gasteiger partial charge < -0.3 is 0 Å². The number of sulfone groups is 1. The molecule has 0 bridgehead atoms. The summed E-state index contributed by atoms with van der Waals surface area (Å²) in [5, 5.41) is 11.2. The molecule has 0 heterocycles. The van der Waals surface area contributed by atoms with Gasteiger partial charge in [-0.15, -0.1) is 0 Å². The van der Waals surface area contributed by atoms with Gasteiger partial charge in [0.1, 0.15) is 4.90 Å². The quantitative estimate of drug-likeness (QED) is 0.313. The third-order valence-corrected chi connectivity index (χ3v) is 7.11. The van der Waals surface area contributed by atoms with E-state index >= 15 is 0 Å². The van der Waals surface area contributed by atoms with Crippen molar-refractivity contribution in [2.45, 2.75) is 19.6 Å². The first kappa shape index (κ1) is 20.3. The summed E-state index contributed by atoms with van der Waals surface area (Å²) in [4.78, 5) is 7.10. The minimum atomic E-state index is -4.72. The number of nitro benzene ring substituents is 1. The predicted octanol–water partition coefficient (Wildman–Crippen LogP) is 1.60. The van der Waals surface area contributed by atoms with Gasteiger partial charge in [-0.3, -0.25) is 14.7 Å². The summed E-state index contributed by atoms with van der Waals surface area (Å²) in [7, 11) is -8.59. The Balaban J connectivity index is 2.77. The smallest absolute Gasteiger partial charge is 0.282 e. The van der Waals surface area contributed by atoms with Gasteiger partial charge in [0, 0.05) is 16.7 Å². The minimum Gasteiger partial charge on any atom is -0.282 e. The summed E-state index contributed by atoms with van der Waals surface area (Å²) in [6.45, 7) is 0. The van der Waals surface area contributed by atoms with Gasteiger partial charge in [-0.1, -0.05) is 6.07 Å². The lowest BCUT2D eigenvalue weighted by Gasteiger charge is -2.07. The van der Waals surface area contributed by atoms with E-state index in [1.165, 1.54) is 0 Å². The molecule has 0 saturated heterocycles. The van der Waals surface area contributed by atoms with Crippen LogP contribution < -0.4 is 0 Å². The molecule has 2 rings (SSSR count). The van der Waals surface area contributed by atoms with Crippen molar-refractivity contribution >= 4 is 45.4 Å². The average Bonchev–Trinajstić information content (AvgIpc) is 2.52. The van der Waals surface area contributed by atoms with Crippen LogP contribution in [0.3, 0.4) is 0 Å². The topological polar surface area (TPSA) is 166 Å². The molecule has 1 N–H and O–H groups in total. The summed E-state index contributed by atoms with van der Waals surface area (Å²) in [6.07, 6.45) is 0. The van der Waals surface area contributed by atoms with Crippen LogP contribution in [0, 0.1) is 10.1 Å².